The van der Waals surface area contributed by atoms with Gasteiger partial charge in [0.25, 0.3) is 0 Å². The van der Waals surface area contributed by atoms with Crippen LogP contribution in [0.2, 0.25) is 0 Å². The number of hydrogen-bond acceptors (Lipinski definition) is 6. The number of aliphatic imine (C=N–C) groups is 1. The maximum absolute atomic E-state index is 13.9. The molecule has 5 aliphatic rings. The molecule has 0 amide bonds. The van der Waals surface area contributed by atoms with Crippen LogP contribution in [-0.2, 0) is 0 Å². The quantitative estimate of drug-likeness (QED) is 0.268. The lowest BCUT2D eigenvalue weighted by atomic mass is 9.89. The highest BCUT2D eigenvalue weighted by Gasteiger charge is 2.59. The van der Waals surface area contributed by atoms with Gasteiger partial charge in [0.1, 0.15) is 22.1 Å². The number of likely N-dealkylation sites (N-methyl/N-ethyl adjacent to an activating group) is 1. The summed E-state index contributed by atoms with van der Waals surface area (Å²) in [4.78, 5) is 5.17. The maximum Gasteiger partial charge on any atom is 0.124 e. The molecule has 0 spiro atoms. The third-order valence-electron chi connectivity index (χ3n) is 7.81. The molecule has 0 aromatic rings. The van der Waals surface area contributed by atoms with E-state index < -0.39 is 0 Å². The van der Waals surface area contributed by atoms with Gasteiger partial charge in [-0.15, -0.1) is 24.0 Å². The van der Waals surface area contributed by atoms with Crippen LogP contribution in [0, 0.1) is 11.3 Å². The van der Waals surface area contributed by atoms with Crippen LogP contribution in [0.25, 0.3) is 0 Å². The topological polar surface area (TPSA) is 60.5 Å². The van der Waals surface area contributed by atoms with Gasteiger partial charge < -0.3 is 21.3 Å². The molecule has 4 unspecified atom stereocenters. The third-order valence-corrected chi connectivity index (χ3v) is 8.94. The number of halogens is 2. The van der Waals surface area contributed by atoms with Gasteiger partial charge in [-0.2, -0.15) is 0 Å². The fourth-order valence-electron chi connectivity index (χ4n) is 5.67. The van der Waals surface area contributed by atoms with Gasteiger partial charge in [-0.25, -0.2) is 9.38 Å². The normalized spacial score (nSPS) is 29.4. The molecule has 5 nitrogen and oxygen atoms in total. The Kier molecular flexibility index (Phi) is 8.56. The number of nitrogens with zero attached hydrogens (tertiary/aromatic N) is 1. The minimum Gasteiger partial charge on any atom is -0.382 e. The van der Waals surface area contributed by atoms with Crippen molar-refractivity contribution in [3.05, 3.63) is 82.3 Å². The van der Waals surface area contributed by atoms with Gasteiger partial charge in [0.05, 0.1) is 11.4 Å². The van der Waals surface area contributed by atoms with Gasteiger partial charge in [0.2, 0.25) is 0 Å². The minimum atomic E-state index is -0.0753. The van der Waals surface area contributed by atoms with E-state index in [2.05, 4.69) is 60.3 Å². The molecule has 0 saturated heterocycles. The standard InChI is InChI=1S/C28H36FN5S.HI/c1-5-31-23-17(2)24-27(34-25(23)30-4)35-26(33-24)21-12-8-9-13-28(15-22(21)28)18(3)32-16-19-10-6-7-11-20(29)14-19;/h6-10,12,14,18,22,27,30-32,34H,5,11,13,15-16H2,1-4H3;1H. The molecule has 2 heterocycles. The first-order valence-electron chi connectivity index (χ1n) is 12.7. The summed E-state index contributed by atoms with van der Waals surface area (Å²) in [5.41, 5.74) is 5.96. The fourth-order valence-corrected chi connectivity index (χ4v) is 6.91. The molecule has 1 fully saturated rings. The van der Waals surface area contributed by atoms with E-state index in [0.717, 1.165) is 47.2 Å². The van der Waals surface area contributed by atoms with Crippen LogP contribution in [-0.4, -0.2) is 36.6 Å². The molecule has 194 valence electrons. The van der Waals surface area contributed by atoms with Crippen LogP contribution >= 0.6 is 35.7 Å². The highest BCUT2D eigenvalue weighted by molar-refractivity contribution is 14.0. The summed E-state index contributed by atoms with van der Waals surface area (Å²) >= 11 is 1.82. The lowest BCUT2D eigenvalue weighted by molar-refractivity contribution is 0.346. The molecule has 4 N–H and O–H groups in total. The Bertz CT molecular complexity index is 1140. The molecule has 1 saturated carbocycles. The second-order valence-corrected chi connectivity index (χ2v) is 11.0. The molecule has 4 atom stereocenters. The Morgan fingerprint density at radius 1 is 1.28 bits per heavy atom. The van der Waals surface area contributed by atoms with E-state index in [-0.39, 0.29) is 40.6 Å². The van der Waals surface area contributed by atoms with E-state index in [1.807, 2.05) is 37.0 Å². The van der Waals surface area contributed by atoms with Gasteiger partial charge in [-0.1, -0.05) is 48.2 Å². The van der Waals surface area contributed by atoms with Crippen molar-refractivity contribution in [1.29, 1.82) is 0 Å². The summed E-state index contributed by atoms with van der Waals surface area (Å²) in [7, 11) is 1.95. The van der Waals surface area contributed by atoms with Gasteiger partial charge in [-0.05, 0) is 62.2 Å². The van der Waals surface area contributed by atoms with E-state index in [0.29, 0.717) is 24.9 Å². The lowest BCUT2D eigenvalue weighted by Crippen LogP contribution is -2.39. The zero-order valence-corrected chi connectivity index (χ0v) is 24.6. The van der Waals surface area contributed by atoms with Crippen molar-refractivity contribution < 1.29 is 4.39 Å². The molecule has 0 radical (unpaired) electrons. The summed E-state index contributed by atoms with van der Waals surface area (Å²) in [5, 5.41) is 15.4. The van der Waals surface area contributed by atoms with Crippen LogP contribution in [0.15, 0.2) is 87.3 Å². The largest absolute Gasteiger partial charge is 0.382 e. The number of thioether (sulfide) groups is 1. The number of allylic oxidation sites excluding steroid dienone is 8. The Balaban J connectivity index is 0.00000304. The summed E-state index contributed by atoms with van der Waals surface area (Å²) in [6.07, 6.45) is 16.9. The van der Waals surface area contributed by atoms with Crippen LogP contribution in [0.3, 0.4) is 0 Å². The number of dihydropyridines is 1. The predicted octanol–water partition coefficient (Wildman–Crippen LogP) is 5.56. The molecule has 0 aromatic heterocycles. The van der Waals surface area contributed by atoms with Gasteiger partial charge >= 0.3 is 0 Å². The van der Waals surface area contributed by atoms with Crippen molar-refractivity contribution in [3.8, 4) is 0 Å². The van der Waals surface area contributed by atoms with E-state index in [1.54, 1.807) is 6.08 Å². The monoisotopic (exact) mass is 621 g/mol. The van der Waals surface area contributed by atoms with Crippen LogP contribution in [0.1, 0.15) is 40.0 Å². The van der Waals surface area contributed by atoms with Gasteiger partial charge in [0, 0.05) is 38.2 Å². The van der Waals surface area contributed by atoms with Crippen LogP contribution in [0.5, 0.6) is 0 Å². The molecular weight excluding hydrogens is 584 g/mol. The predicted molar refractivity (Wildman–Crippen MR) is 161 cm³/mol. The van der Waals surface area contributed by atoms with E-state index in [1.165, 1.54) is 11.1 Å². The first kappa shape index (κ1) is 27.3. The number of rotatable bonds is 8. The summed E-state index contributed by atoms with van der Waals surface area (Å²) in [5.74, 6) is 1.43. The molecule has 2 aliphatic heterocycles. The van der Waals surface area contributed by atoms with E-state index in [4.69, 9.17) is 4.99 Å². The number of fused-ring (bicyclic) bond motifs is 2. The van der Waals surface area contributed by atoms with E-state index in [9.17, 15) is 4.39 Å². The summed E-state index contributed by atoms with van der Waals surface area (Å²) in [6.45, 7) is 8.10. The molecule has 0 bridgehead atoms. The molecule has 3 aliphatic carbocycles. The van der Waals surface area contributed by atoms with Crippen LogP contribution in [0.4, 0.5) is 4.39 Å². The highest BCUT2D eigenvalue weighted by atomic mass is 127. The van der Waals surface area contributed by atoms with Crippen molar-refractivity contribution in [2.24, 2.45) is 16.3 Å². The van der Waals surface area contributed by atoms with Gasteiger partial charge in [0.15, 0.2) is 0 Å². The average Bonchev–Trinajstić information content (AvgIpc) is 3.52. The SMILES string of the molecule is CCNC1=C(NC)NC2SC(C3=CC=CCC4(C(C)NCC5=CC=CCC(F)=C5)CC34)=NC2=C1C.I. The van der Waals surface area contributed by atoms with Crippen molar-refractivity contribution in [1.82, 2.24) is 21.3 Å². The molecular formula is C28H37FIN5S. The zero-order chi connectivity index (χ0) is 24.6. The second-order valence-electron chi connectivity index (χ2n) is 9.91. The summed E-state index contributed by atoms with van der Waals surface area (Å²) in [6, 6.07) is 0.314. The average molecular weight is 622 g/mol. The van der Waals surface area contributed by atoms with Crippen molar-refractivity contribution in [2.75, 3.05) is 20.1 Å². The van der Waals surface area contributed by atoms with E-state index >= 15 is 0 Å². The number of hydrogen-bond donors (Lipinski definition) is 4. The Morgan fingerprint density at radius 3 is 2.86 bits per heavy atom. The fraction of sp³-hybridized carbons (Fsp3) is 0.464. The third kappa shape index (κ3) is 5.13. The lowest BCUT2D eigenvalue weighted by Gasteiger charge is -2.28. The number of nitrogens with one attached hydrogen (secondary N) is 4. The first-order chi connectivity index (χ1) is 17.0. The Morgan fingerprint density at radius 2 is 2.08 bits per heavy atom. The minimum absolute atomic E-state index is 0. The smallest absolute Gasteiger partial charge is 0.124 e. The van der Waals surface area contributed by atoms with Crippen molar-refractivity contribution in [2.45, 2.75) is 51.4 Å². The van der Waals surface area contributed by atoms with Crippen molar-refractivity contribution >= 4 is 40.8 Å². The molecule has 8 heteroatoms. The molecule has 36 heavy (non-hydrogen) atoms. The Hall–Kier alpha value is -1.78. The van der Waals surface area contributed by atoms with Gasteiger partial charge in [-0.3, -0.25) is 0 Å². The second kappa shape index (κ2) is 11.3. The Labute approximate surface area is 235 Å². The highest BCUT2D eigenvalue weighted by Crippen LogP contribution is 2.63. The van der Waals surface area contributed by atoms with Crippen LogP contribution < -0.4 is 21.3 Å². The van der Waals surface area contributed by atoms with Crippen molar-refractivity contribution in [3.63, 3.8) is 0 Å². The zero-order valence-electron chi connectivity index (χ0n) is 21.5. The summed E-state index contributed by atoms with van der Waals surface area (Å²) < 4.78 is 13.9. The molecule has 0 aromatic carbocycles. The molecule has 5 rings (SSSR count). The maximum atomic E-state index is 13.9. The first-order valence-corrected chi connectivity index (χ1v) is 13.6.